The molecule has 4 N–H and O–H groups in total. The fourth-order valence-corrected chi connectivity index (χ4v) is 0.861. The molecule has 0 aromatic heterocycles. The summed E-state index contributed by atoms with van der Waals surface area (Å²) in [6.45, 7) is 2.05. The molecule has 1 rings (SSSR count). The number of aliphatic hydroxyl groups is 1. The van der Waals surface area contributed by atoms with Crippen molar-refractivity contribution in [1.29, 1.82) is 0 Å². The topological polar surface area (TPSA) is 83.5 Å². The zero-order valence-electron chi connectivity index (χ0n) is 9.91. The van der Waals surface area contributed by atoms with Crippen molar-refractivity contribution in [2.75, 3.05) is 6.61 Å². The van der Waals surface area contributed by atoms with Gasteiger partial charge in [-0.2, -0.15) is 0 Å². The molecule has 1 aromatic rings. The van der Waals surface area contributed by atoms with E-state index in [-0.39, 0.29) is 12.6 Å². The highest BCUT2D eigenvalue weighted by Crippen LogP contribution is 1.99. The fraction of sp³-hybridized carbons (Fsp3) is 0.308. The molecule has 4 heteroatoms. The van der Waals surface area contributed by atoms with Gasteiger partial charge in [0.05, 0.1) is 6.61 Å². The molecule has 4 nitrogen and oxygen atoms in total. The van der Waals surface area contributed by atoms with Crippen LogP contribution in [0.25, 0.3) is 6.08 Å². The summed E-state index contributed by atoms with van der Waals surface area (Å²) in [7, 11) is 0. The first-order chi connectivity index (χ1) is 8.10. The first-order valence-corrected chi connectivity index (χ1v) is 5.42. The van der Waals surface area contributed by atoms with E-state index in [0.29, 0.717) is 0 Å². The smallest absolute Gasteiger partial charge is 0.328 e. The third-order valence-electron chi connectivity index (χ3n) is 1.98. The molecule has 0 aliphatic rings. The predicted octanol–water partition coefficient (Wildman–Crippen LogP) is 1.50. The van der Waals surface area contributed by atoms with Gasteiger partial charge in [-0.15, -0.1) is 0 Å². The van der Waals surface area contributed by atoms with E-state index in [0.717, 1.165) is 18.1 Å². The lowest BCUT2D eigenvalue weighted by Crippen LogP contribution is -2.22. The number of carboxylic acids is 1. The summed E-state index contributed by atoms with van der Waals surface area (Å²) in [6, 6.07) is 9.30. The Labute approximate surface area is 101 Å². The highest BCUT2D eigenvalue weighted by Gasteiger charge is 1.90. The van der Waals surface area contributed by atoms with E-state index in [9.17, 15) is 4.79 Å². The summed E-state index contributed by atoms with van der Waals surface area (Å²) in [5.74, 6) is -0.922. The van der Waals surface area contributed by atoms with Crippen molar-refractivity contribution in [3.63, 3.8) is 0 Å². The lowest BCUT2D eigenvalue weighted by Gasteiger charge is -1.98. The highest BCUT2D eigenvalue weighted by molar-refractivity contribution is 5.85. The molecule has 1 atom stereocenters. The molecule has 0 fully saturated rings. The van der Waals surface area contributed by atoms with E-state index in [1.54, 1.807) is 6.08 Å². The maximum absolute atomic E-state index is 10.1. The largest absolute Gasteiger partial charge is 0.478 e. The lowest BCUT2D eigenvalue weighted by atomic mass is 10.2. The van der Waals surface area contributed by atoms with E-state index < -0.39 is 5.97 Å². The summed E-state index contributed by atoms with van der Waals surface area (Å²) in [6.07, 6.45) is 3.54. The highest BCUT2D eigenvalue weighted by atomic mass is 16.4. The van der Waals surface area contributed by atoms with Crippen LogP contribution in [0.1, 0.15) is 18.9 Å². The van der Waals surface area contributed by atoms with E-state index in [1.807, 2.05) is 37.3 Å². The molecule has 0 radical (unpaired) electrons. The normalized spacial score (nSPS) is 11.7. The van der Waals surface area contributed by atoms with Gasteiger partial charge in [0.1, 0.15) is 0 Å². The van der Waals surface area contributed by atoms with Gasteiger partial charge in [0.15, 0.2) is 0 Å². The van der Waals surface area contributed by atoms with Crippen LogP contribution in [0, 0.1) is 0 Å². The van der Waals surface area contributed by atoms with Crippen LogP contribution in [0.3, 0.4) is 0 Å². The molecule has 94 valence electrons. The molecule has 0 saturated carbocycles. The SMILES string of the molecule is CCC(N)CO.O=C(O)/C=C/c1ccccc1. The van der Waals surface area contributed by atoms with Gasteiger partial charge in [-0.1, -0.05) is 37.3 Å². The van der Waals surface area contributed by atoms with E-state index in [2.05, 4.69) is 0 Å². The molecule has 0 heterocycles. The Kier molecular flexibility index (Phi) is 8.64. The number of aliphatic carboxylic acids is 1. The monoisotopic (exact) mass is 237 g/mol. The van der Waals surface area contributed by atoms with Crippen LogP contribution in [0.5, 0.6) is 0 Å². The Bertz CT molecular complexity index is 332. The number of rotatable bonds is 4. The van der Waals surface area contributed by atoms with Crippen molar-refractivity contribution in [2.45, 2.75) is 19.4 Å². The van der Waals surface area contributed by atoms with Crippen LogP contribution >= 0.6 is 0 Å². The molecule has 1 unspecified atom stereocenters. The van der Waals surface area contributed by atoms with Gasteiger partial charge in [0.25, 0.3) is 0 Å². The van der Waals surface area contributed by atoms with Crippen LogP contribution in [0.15, 0.2) is 36.4 Å². The van der Waals surface area contributed by atoms with Gasteiger partial charge >= 0.3 is 5.97 Å². The van der Waals surface area contributed by atoms with Gasteiger partial charge in [0, 0.05) is 12.1 Å². The fourth-order valence-electron chi connectivity index (χ4n) is 0.861. The first-order valence-electron chi connectivity index (χ1n) is 5.42. The minimum atomic E-state index is -0.922. The van der Waals surface area contributed by atoms with Crippen LogP contribution in [-0.2, 0) is 4.79 Å². The average Bonchev–Trinajstić information content (AvgIpc) is 2.37. The first kappa shape index (κ1) is 15.4. The average molecular weight is 237 g/mol. The third-order valence-corrected chi connectivity index (χ3v) is 1.98. The Balaban J connectivity index is 0.000000366. The van der Waals surface area contributed by atoms with Crippen LogP contribution < -0.4 is 5.73 Å². The number of benzene rings is 1. The molecule has 0 aliphatic heterocycles. The number of carbonyl (C=O) groups is 1. The standard InChI is InChI=1S/C9H8O2.C4H11NO/c10-9(11)7-6-8-4-2-1-3-5-8;1-2-4(5)3-6/h1-7H,(H,10,11);4,6H,2-3,5H2,1H3/b7-6+;. The van der Waals surface area contributed by atoms with Gasteiger partial charge < -0.3 is 15.9 Å². The second kappa shape index (κ2) is 9.57. The molecular weight excluding hydrogens is 218 g/mol. The third kappa shape index (κ3) is 9.29. The Morgan fingerprint density at radius 1 is 1.41 bits per heavy atom. The van der Waals surface area contributed by atoms with Crippen molar-refractivity contribution in [3.05, 3.63) is 42.0 Å². The predicted molar refractivity (Wildman–Crippen MR) is 68.5 cm³/mol. The van der Waals surface area contributed by atoms with E-state index >= 15 is 0 Å². The molecule has 17 heavy (non-hydrogen) atoms. The quantitative estimate of drug-likeness (QED) is 0.693. The summed E-state index contributed by atoms with van der Waals surface area (Å²) in [4.78, 5) is 10.1. The van der Waals surface area contributed by atoms with Crippen molar-refractivity contribution in [3.8, 4) is 0 Å². The number of hydrogen-bond acceptors (Lipinski definition) is 3. The van der Waals surface area contributed by atoms with E-state index in [1.165, 1.54) is 0 Å². The van der Waals surface area contributed by atoms with Crippen molar-refractivity contribution in [2.24, 2.45) is 5.73 Å². The van der Waals surface area contributed by atoms with Crippen LogP contribution in [0.4, 0.5) is 0 Å². The molecule has 1 aromatic carbocycles. The van der Waals surface area contributed by atoms with Gasteiger partial charge in [-0.05, 0) is 18.1 Å². The molecule has 0 spiro atoms. The maximum Gasteiger partial charge on any atom is 0.328 e. The number of hydrogen-bond donors (Lipinski definition) is 3. The number of aliphatic hydroxyl groups excluding tert-OH is 1. The Morgan fingerprint density at radius 3 is 2.35 bits per heavy atom. The van der Waals surface area contributed by atoms with Crippen LogP contribution in [-0.4, -0.2) is 28.8 Å². The van der Waals surface area contributed by atoms with Crippen molar-refractivity contribution in [1.82, 2.24) is 0 Å². The number of carboxylic acid groups (broad SMARTS) is 1. The summed E-state index contributed by atoms with van der Waals surface area (Å²) < 4.78 is 0. The zero-order valence-corrected chi connectivity index (χ0v) is 9.91. The minimum Gasteiger partial charge on any atom is -0.478 e. The van der Waals surface area contributed by atoms with Crippen molar-refractivity contribution >= 4 is 12.0 Å². The van der Waals surface area contributed by atoms with Crippen LogP contribution in [0.2, 0.25) is 0 Å². The lowest BCUT2D eigenvalue weighted by molar-refractivity contribution is -0.131. The van der Waals surface area contributed by atoms with Crippen molar-refractivity contribution < 1.29 is 15.0 Å². The summed E-state index contributed by atoms with van der Waals surface area (Å²) in [5, 5.41) is 16.5. The van der Waals surface area contributed by atoms with Gasteiger partial charge in [-0.25, -0.2) is 4.79 Å². The molecule has 0 saturated heterocycles. The molecule has 0 amide bonds. The second-order valence-corrected chi connectivity index (χ2v) is 3.43. The molecule has 0 aliphatic carbocycles. The maximum atomic E-state index is 10.1. The minimum absolute atomic E-state index is 0.00926. The van der Waals surface area contributed by atoms with Gasteiger partial charge in [0.2, 0.25) is 0 Å². The summed E-state index contributed by atoms with van der Waals surface area (Å²) in [5.41, 5.74) is 6.12. The Hall–Kier alpha value is -1.65. The zero-order chi connectivity index (χ0) is 13.1. The summed E-state index contributed by atoms with van der Waals surface area (Å²) >= 11 is 0. The second-order valence-electron chi connectivity index (χ2n) is 3.43. The van der Waals surface area contributed by atoms with E-state index in [4.69, 9.17) is 15.9 Å². The molecular formula is C13H19NO3. The molecule has 0 bridgehead atoms. The number of nitrogens with two attached hydrogens (primary N) is 1. The Morgan fingerprint density at radius 2 is 2.00 bits per heavy atom. The van der Waals surface area contributed by atoms with Gasteiger partial charge in [-0.3, -0.25) is 0 Å².